The molecule has 0 aliphatic rings. The molecule has 1 aromatic rings. The first kappa shape index (κ1) is 11.4. The Balaban J connectivity index is 2.49. The monoisotopic (exact) mass is 229 g/mol. The van der Waals surface area contributed by atoms with E-state index in [1.54, 1.807) is 6.92 Å². The molecule has 1 atom stereocenters. The highest BCUT2D eigenvalue weighted by Gasteiger charge is 2.08. The number of hydrogen-bond acceptors (Lipinski definition) is 2. The summed E-state index contributed by atoms with van der Waals surface area (Å²) in [5.41, 5.74) is 6.25. The lowest BCUT2D eigenvalue weighted by Gasteiger charge is -2.06. The number of halogens is 1. The average Bonchev–Trinajstić information content (AvgIpc) is 2.14. The Morgan fingerprint density at radius 1 is 1.64 bits per heavy atom. The van der Waals surface area contributed by atoms with Gasteiger partial charge >= 0.3 is 0 Å². The van der Waals surface area contributed by atoms with E-state index in [9.17, 15) is 4.79 Å². The van der Waals surface area contributed by atoms with Crippen LogP contribution in [0.15, 0.2) is 24.3 Å². The highest BCUT2D eigenvalue weighted by atomic mass is 35.5. The quantitative estimate of drug-likeness (QED) is 0.862. The molecule has 2 N–H and O–H groups in total. The van der Waals surface area contributed by atoms with Crippen molar-refractivity contribution in [2.45, 2.75) is 17.9 Å². The summed E-state index contributed by atoms with van der Waals surface area (Å²) in [4.78, 5) is 10.8. The predicted molar refractivity (Wildman–Crippen MR) is 61.4 cm³/mol. The highest BCUT2D eigenvalue weighted by molar-refractivity contribution is 7.99. The van der Waals surface area contributed by atoms with Crippen molar-refractivity contribution in [1.82, 2.24) is 0 Å². The third-order valence-electron chi connectivity index (χ3n) is 1.79. The molecule has 0 fully saturated rings. The van der Waals surface area contributed by atoms with Gasteiger partial charge in [-0.05, 0) is 24.6 Å². The summed E-state index contributed by atoms with van der Waals surface area (Å²) in [7, 11) is 0. The Labute approximate surface area is 92.8 Å². The molecule has 76 valence electrons. The largest absolute Gasteiger partial charge is 0.369 e. The Hall–Kier alpha value is -0.670. The van der Waals surface area contributed by atoms with Crippen molar-refractivity contribution in [3.63, 3.8) is 0 Å². The molecule has 1 unspecified atom stereocenters. The fourth-order valence-corrected chi connectivity index (χ4v) is 1.93. The van der Waals surface area contributed by atoms with Crippen LogP contribution in [0, 0.1) is 0 Å². The maximum Gasteiger partial charge on any atom is 0.230 e. The lowest BCUT2D eigenvalue weighted by molar-refractivity contribution is -0.117. The molecule has 1 aromatic carbocycles. The predicted octanol–water partition coefficient (Wildman–Crippen LogP) is 2.45. The van der Waals surface area contributed by atoms with Crippen LogP contribution in [0.1, 0.15) is 12.5 Å². The Morgan fingerprint density at radius 2 is 2.36 bits per heavy atom. The zero-order chi connectivity index (χ0) is 10.6. The van der Waals surface area contributed by atoms with E-state index < -0.39 is 0 Å². The van der Waals surface area contributed by atoms with Gasteiger partial charge in [-0.25, -0.2) is 0 Å². The van der Waals surface area contributed by atoms with Crippen molar-refractivity contribution in [3.05, 3.63) is 34.9 Å². The maximum absolute atomic E-state index is 10.8. The molecule has 0 aromatic heterocycles. The molecule has 0 spiro atoms. The van der Waals surface area contributed by atoms with E-state index in [2.05, 4.69) is 0 Å². The van der Waals surface area contributed by atoms with Crippen molar-refractivity contribution in [2.24, 2.45) is 5.73 Å². The minimum Gasteiger partial charge on any atom is -0.369 e. The second kappa shape index (κ2) is 5.27. The number of rotatable bonds is 4. The Kier molecular flexibility index (Phi) is 4.29. The summed E-state index contributed by atoms with van der Waals surface area (Å²) in [5, 5.41) is 0.559. The fourth-order valence-electron chi connectivity index (χ4n) is 0.930. The van der Waals surface area contributed by atoms with Crippen LogP contribution >= 0.6 is 23.4 Å². The zero-order valence-corrected chi connectivity index (χ0v) is 9.44. The van der Waals surface area contributed by atoms with Crippen LogP contribution in [-0.4, -0.2) is 11.2 Å². The minimum absolute atomic E-state index is 0.158. The van der Waals surface area contributed by atoms with Gasteiger partial charge in [0.05, 0.1) is 5.25 Å². The van der Waals surface area contributed by atoms with Crippen LogP contribution in [-0.2, 0) is 10.5 Å². The molecule has 4 heteroatoms. The summed E-state index contributed by atoms with van der Waals surface area (Å²) in [6.07, 6.45) is 0. The Morgan fingerprint density at radius 3 is 2.93 bits per heavy atom. The summed E-state index contributed by atoms with van der Waals surface area (Å²) < 4.78 is 0. The van der Waals surface area contributed by atoms with Crippen LogP contribution in [0.3, 0.4) is 0 Å². The van der Waals surface area contributed by atoms with Crippen LogP contribution in [0.4, 0.5) is 0 Å². The number of primary amides is 1. The molecule has 0 radical (unpaired) electrons. The van der Waals surface area contributed by atoms with E-state index in [-0.39, 0.29) is 11.2 Å². The highest BCUT2D eigenvalue weighted by Crippen LogP contribution is 2.19. The van der Waals surface area contributed by atoms with Gasteiger partial charge < -0.3 is 5.73 Å². The van der Waals surface area contributed by atoms with Gasteiger partial charge in [0.15, 0.2) is 0 Å². The first-order chi connectivity index (χ1) is 6.59. The number of nitrogens with two attached hydrogens (primary N) is 1. The van der Waals surface area contributed by atoms with Gasteiger partial charge in [0.2, 0.25) is 5.91 Å². The van der Waals surface area contributed by atoms with Crippen LogP contribution in [0.5, 0.6) is 0 Å². The zero-order valence-electron chi connectivity index (χ0n) is 7.87. The second-order valence-corrected chi connectivity index (χ2v) is 4.75. The van der Waals surface area contributed by atoms with Crippen molar-refractivity contribution >= 4 is 29.3 Å². The number of hydrogen-bond donors (Lipinski definition) is 1. The summed E-state index contributed by atoms with van der Waals surface area (Å²) >= 11 is 7.33. The van der Waals surface area contributed by atoms with Gasteiger partial charge in [0.1, 0.15) is 0 Å². The summed E-state index contributed by atoms with van der Waals surface area (Å²) in [5.74, 6) is 0.474. The third-order valence-corrected chi connectivity index (χ3v) is 3.26. The van der Waals surface area contributed by atoms with Crippen molar-refractivity contribution in [3.8, 4) is 0 Å². The molecular formula is C10H12ClNOS. The van der Waals surface area contributed by atoms with Gasteiger partial charge in [-0.2, -0.15) is 0 Å². The standard InChI is InChI=1S/C10H12ClNOS/c1-7(10(12)13)14-6-8-3-2-4-9(11)5-8/h2-5,7H,6H2,1H3,(H2,12,13). The minimum atomic E-state index is -0.281. The number of carbonyl (C=O) groups is 1. The first-order valence-corrected chi connectivity index (χ1v) is 5.67. The molecule has 0 saturated carbocycles. The maximum atomic E-state index is 10.8. The average molecular weight is 230 g/mol. The van der Waals surface area contributed by atoms with Crippen molar-refractivity contribution in [1.29, 1.82) is 0 Å². The number of benzene rings is 1. The molecule has 0 saturated heterocycles. The van der Waals surface area contributed by atoms with Gasteiger partial charge in [0.25, 0.3) is 0 Å². The molecule has 2 nitrogen and oxygen atoms in total. The van der Waals surface area contributed by atoms with E-state index in [1.165, 1.54) is 11.8 Å². The summed E-state index contributed by atoms with van der Waals surface area (Å²) in [6.45, 7) is 1.80. The molecule has 1 amide bonds. The van der Waals surface area contributed by atoms with E-state index in [1.807, 2.05) is 24.3 Å². The summed E-state index contributed by atoms with van der Waals surface area (Å²) in [6, 6.07) is 7.59. The molecule has 0 heterocycles. The van der Waals surface area contributed by atoms with E-state index in [0.29, 0.717) is 0 Å². The number of amides is 1. The molecule has 1 rings (SSSR count). The van der Waals surface area contributed by atoms with Gasteiger partial charge in [-0.15, -0.1) is 11.8 Å². The van der Waals surface area contributed by atoms with E-state index >= 15 is 0 Å². The van der Waals surface area contributed by atoms with E-state index in [0.717, 1.165) is 16.3 Å². The van der Waals surface area contributed by atoms with E-state index in [4.69, 9.17) is 17.3 Å². The van der Waals surface area contributed by atoms with Crippen LogP contribution < -0.4 is 5.73 Å². The molecule has 0 bridgehead atoms. The third kappa shape index (κ3) is 3.60. The van der Waals surface area contributed by atoms with Gasteiger partial charge in [-0.1, -0.05) is 23.7 Å². The normalized spacial score (nSPS) is 12.4. The molecule has 14 heavy (non-hydrogen) atoms. The van der Waals surface area contributed by atoms with Crippen LogP contribution in [0.25, 0.3) is 0 Å². The Bertz CT molecular complexity index is 330. The topological polar surface area (TPSA) is 43.1 Å². The van der Waals surface area contributed by atoms with Gasteiger partial charge in [-0.3, -0.25) is 4.79 Å². The van der Waals surface area contributed by atoms with Gasteiger partial charge in [0, 0.05) is 10.8 Å². The van der Waals surface area contributed by atoms with Crippen LogP contribution in [0.2, 0.25) is 5.02 Å². The first-order valence-electron chi connectivity index (χ1n) is 4.25. The number of thioether (sulfide) groups is 1. The number of carbonyl (C=O) groups excluding carboxylic acids is 1. The lowest BCUT2D eigenvalue weighted by atomic mass is 10.2. The lowest BCUT2D eigenvalue weighted by Crippen LogP contribution is -2.22. The van der Waals surface area contributed by atoms with Crippen molar-refractivity contribution in [2.75, 3.05) is 0 Å². The SMILES string of the molecule is CC(SCc1cccc(Cl)c1)C(N)=O. The smallest absolute Gasteiger partial charge is 0.230 e. The molecular weight excluding hydrogens is 218 g/mol. The van der Waals surface area contributed by atoms with Crippen molar-refractivity contribution < 1.29 is 4.79 Å². The molecule has 0 aliphatic heterocycles. The fraction of sp³-hybridized carbons (Fsp3) is 0.300. The molecule has 0 aliphatic carbocycles. The second-order valence-electron chi connectivity index (χ2n) is 2.99.